The number of methoxy groups -OCH3 is 1. The van der Waals surface area contributed by atoms with Gasteiger partial charge in [-0.25, -0.2) is 8.42 Å². The number of nitrogens with zero attached hydrogens (tertiary/aromatic N) is 1. The Morgan fingerprint density at radius 3 is 2.22 bits per heavy atom. The zero-order valence-corrected chi connectivity index (χ0v) is 21.6. The topological polar surface area (TPSA) is 75.7 Å². The number of para-hydroxylation sites is 2. The Morgan fingerprint density at radius 2 is 1.53 bits per heavy atom. The first-order valence-electron chi connectivity index (χ1n) is 11.2. The van der Waals surface area contributed by atoms with Crippen molar-refractivity contribution in [2.24, 2.45) is 0 Å². The molecule has 4 aromatic rings. The summed E-state index contributed by atoms with van der Waals surface area (Å²) in [5.41, 5.74) is 1.75. The first-order valence-corrected chi connectivity index (χ1v) is 13.5. The van der Waals surface area contributed by atoms with Gasteiger partial charge in [-0.1, -0.05) is 66.4 Å². The highest BCUT2D eigenvalue weighted by molar-refractivity contribution is 7.99. The van der Waals surface area contributed by atoms with Gasteiger partial charge < -0.3 is 10.1 Å². The van der Waals surface area contributed by atoms with Gasteiger partial charge in [0.05, 0.1) is 18.5 Å². The van der Waals surface area contributed by atoms with Crippen molar-refractivity contribution in [3.8, 4) is 5.75 Å². The third-order valence-electron chi connectivity index (χ3n) is 5.35. The second-order valence-corrected chi connectivity index (χ2v) is 10.9. The number of anilines is 2. The molecule has 0 aliphatic carbocycles. The number of aryl methyl sites for hydroxylation is 1. The normalized spacial score (nSPS) is 11.1. The van der Waals surface area contributed by atoms with Crippen LogP contribution < -0.4 is 14.4 Å². The van der Waals surface area contributed by atoms with Crippen molar-refractivity contribution in [2.75, 3.05) is 23.3 Å². The van der Waals surface area contributed by atoms with E-state index in [-0.39, 0.29) is 10.6 Å². The Morgan fingerprint density at radius 1 is 0.889 bits per heavy atom. The van der Waals surface area contributed by atoms with Gasteiger partial charge in [0.15, 0.2) is 0 Å². The van der Waals surface area contributed by atoms with Crippen LogP contribution in [0.4, 0.5) is 11.4 Å². The number of amides is 1. The molecule has 0 atom stereocenters. The van der Waals surface area contributed by atoms with E-state index in [9.17, 15) is 13.2 Å². The molecule has 4 rings (SSSR count). The largest absolute Gasteiger partial charge is 0.495 e. The Bertz CT molecular complexity index is 1440. The molecule has 0 bridgehead atoms. The van der Waals surface area contributed by atoms with Crippen LogP contribution >= 0.6 is 11.8 Å². The first-order chi connectivity index (χ1) is 17.4. The third-order valence-corrected chi connectivity index (χ3v) is 8.23. The van der Waals surface area contributed by atoms with E-state index in [4.69, 9.17) is 4.74 Å². The van der Waals surface area contributed by atoms with Gasteiger partial charge in [-0.2, -0.15) is 0 Å². The molecule has 0 aliphatic heterocycles. The summed E-state index contributed by atoms with van der Waals surface area (Å²) in [7, 11) is -2.70. The predicted molar refractivity (Wildman–Crippen MR) is 144 cm³/mol. The molecule has 1 N–H and O–H groups in total. The average Bonchev–Trinajstić information content (AvgIpc) is 2.89. The number of hydrogen-bond acceptors (Lipinski definition) is 5. The molecule has 0 aliphatic rings. The highest BCUT2D eigenvalue weighted by atomic mass is 32.2. The highest BCUT2D eigenvalue weighted by Gasteiger charge is 2.30. The molecule has 184 valence electrons. The molecular weight excluding hydrogens is 492 g/mol. The van der Waals surface area contributed by atoms with Crippen molar-refractivity contribution in [1.29, 1.82) is 0 Å². The lowest BCUT2D eigenvalue weighted by atomic mass is 10.2. The number of carbonyl (C=O) groups is 1. The van der Waals surface area contributed by atoms with Gasteiger partial charge in [-0.3, -0.25) is 9.10 Å². The Hall–Kier alpha value is -3.75. The number of carbonyl (C=O) groups excluding carboxylic acids is 1. The van der Waals surface area contributed by atoms with E-state index in [0.717, 1.165) is 19.7 Å². The monoisotopic (exact) mass is 518 g/mol. The number of sulfonamides is 1. The minimum atomic E-state index is -4.12. The van der Waals surface area contributed by atoms with E-state index in [1.165, 1.54) is 18.9 Å². The molecule has 0 unspecified atom stereocenters. The molecule has 36 heavy (non-hydrogen) atoms. The molecule has 0 saturated carbocycles. The average molecular weight is 519 g/mol. The predicted octanol–water partition coefficient (Wildman–Crippen LogP) is 5.99. The van der Waals surface area contributed by atoms with E-state index in [0.29, 0.717) is 11.4 Å². The van der Waals surface area contributed by atoms with Gasteiger partial charge in [0.2, 0.25) is 5.91 Å². The summed E-state index contributed by atoms with van der Waals surface area (Å²) in [6.07, 6.45) is 0. The molecule has 0 radical (unpaired) electrons. The molecule has 0 spiro atoms. The SMILES string of the molecule is COc1ccc(C)cc1S(=O)(=O)N(CC(=O)Nc1ccccc1Sc1ccccc1)c1ccccc1. The van der Waals surface area contributed by atoms with Crippen LogP contribution in [-0.2, 0) is 14.8 Å². The lowest BCUT2D eigenvalue weighted by Gasteiger charge is -2.25. The molecule has 0 saturated heterocycles. The van der Waals surface area contributed by atoms with Crippen molar-refractivity contribution in [1.82, 2.24) is 0 Å². The Balaban J connectivity index is 1.65. The fourth-order valence-electron chi connectivity index (χ4n) is 3.61. The fourth-order valence-corrected chi connectivity index (χ4v) is 6.20. The third kappa shape index (κ3) is 5.90. The van der Waals surface area contributed by atoms with Crippen molar-refractivity contribution < 1.29 is 17.9 Å². The van der Waals surface area contributed by atoms with Gasteiger partial charge >= 0.3 is 0 Å². The van der Waals surface area contributed by atoms with E-state index in [1.807, 2.05) is 48.5 Å². The molecule has 6 nitrogen and oxygen atoms in total. The molecular formula is C28H26N2O4S2. The Kier molecular flexibility index (Phi) is 7.97. The van der Waals surface area contributed by atoms with Crippen molar-refractivity contribution in [2.45, 2.75) is 21.6 Å². The second kappa shape index (κ2) is 11.3. The van der Waals surface area contributed by atoms with Crippen LogP contribution in [0.15, 0.2) is 118 Å². The minimum Gasteiger partial charge on any atom is -0.495 e. The number of benzene rings is 4. The zero-order chi connectivity index (χ0) is 25.5. The smallest absolute Gasteiger partial charge is 0.268 e. The summed E-state index contributed by atoms with van der Waals surface area (Å²) in [4.78, 5) is 15.1. The maximum atomic E-state index is 13.8. The van der Waals surface area contributed by atoms with Crippen LogP contribution in [0.3, 0.4) is 0 Å². The zero-order valence-electron chi connectivity index (χ0n) is 19.9. The van der Waals surface area contributed by atoms with Gasteiger partial charge in [0.25, 0.3) is 10.0 Å². The summed E-state index contributed by atoms with van der Waals surface area (Å²) in [5.74, 6) is -0.248. The molecule has 8 heteroatoms. The van der Waals surface area contributed by atoms with Gasteiger partial charge in [0.1, 0.15) is 17.2 Å². The van der Waals surface area contributed by atoms with E-state index >= 15 is 0 Å². The molecule has 0 aromatic heterocycles. The van der Waals surface area contributed by atoms with Crippen LogP contribution in [0.25, 0.3) is 0 Å². The maximum absolute atomic E-state index is 13.8. The van der Waals surface area contributed by atoms with Crippen molar-refractivity contribution in [3.05, 3.63) is 109 Å². The Labute approximate surface area is 216 Å². The quantitative estimate of drug-likeness (QED) is 0.295. The first kappa shape index (κ1) is 25.3. The van der Waals surface area contributed by atoms with Gasteiger partial charge in [0, 0.05) is 9.79 Å². The maximum Gasteiger partial charge on any atom is 0.268 e. The van der Waals surface area contributed by atoms with E-state index < -0.39 is 22.5 Å². The highest BCUT2D eigenvalue weighted by Crippen LogP contribution is 2.34. The molecule has 0 heterocycles. The molecule has 1 amide bonds. The molecule has 4 aromatic carbocycles. The summed E-state index contributed by atoms with van der Waals surface area (Å²) in [6, 6.07) is 30.8. The van der Waals surface area contributed by atoms with Gasteiger partial charge in [-0.05, 0) is 61.0 Å². The minimum absolute atomic E-state index is 0.00156. The van der Waals surface area contributed by atoms with Crippen LogP contribution in [0.5, 0.6) is 5.75 Å². The summed E-state index contributed by atoms with van der Waals surface area (Å²) >= 11 is 1.52. The van der Waals surface area contributed by atoms with Crippen LogP contribution in [0.1, 0.15) is 5.56 Å². The fraction of sp³-hybridized carbons (Fsp3) is 0.107. The van der Waals surface area contributed by atoms with Gasteiger partial charge in [-0.15, -0.1) is 0 Å². The summed E-state index contributed by atoms with van der Waals surface area (Å²) in [5, 5.41) is 2.90. The number of nitrogens with one attached hydrogen (secondary N) is 1. The second-order valence-electron chi connectivity index (χ2n) is 7.96. The molecule has 0 fully saturated rings. The number of hydrogen-bond donors (Lipinski definition) is 1. The summed E-state index contributed by atoms with van der Waals surface area (Å²) < 4.78 is 34.1. The van der Waals surface area contributed by atoms with E-state index in [1.54, 1.807) is 61.5 Å². The van der Waals surface area contributed by atoms with Crippen LogP contribution in [-0.4, -0.2) is 28.0 Å². The van der Waals surface area contributed by atoms with Crippen molar-refractivity contribution in [3.63, 3.8) is 0 Å². The van der Waals surface area contributed by atoms with Crippen molar-refractivity contribution >= 4 is 39.1 Å². The summed E-state index contributed by atoms with van der Waals surface area (Å²) in [6.45, 7) is 1.40. The lowest BCUT2D eigenvalue weighted by molar-refractivity contribution is -0.114. The van der Waals surface area contributed by atoms with Crippen LogP contribution in [0, 0.1) is 6.92 Å². The lowest BCUT2D eigenvalue weighted by Crippen LogP contribution is -2.38. The standard InChI is InChI=1S/C28H26N2O4S2/c1-21-17-18-25(34-2)27(19-21)36(32,33)30(22-11-5-3-6-12-22)20-28(31)29-24-15-9-10-16-26(24)35-23-13-7-4-8-14-23/h3-19H,20H2,1-2H3,(H,29,31). The van der Waals surface area contributed by atoms with E-state index in [2.05, 4.69) is 5.32 Å². The van der Waals surface area contributed by atoms with Crippen LogP contribution in [0.2, 0.25) is 0 Å². The number of ether oxygens (including phenoxy) is 1. The number of rotatable bonds is 9.